The first-order valence-electron chi connectivity index (χ1n) is 7.40. The number of fused-ring (bicyclic) bond motifs is 1. The van der Waals surface area contributed by atoms with Gasteiger partial charge < -0.3 is 15.3 Å². The Morgan fingerprint density at radius 1 is 1.16 bits per heavy atom. The molecule has 108 valence electrons. The van der Waals surface area contributed by atoms with Crippen LogP contribution in [-0.4, -0.2) is 47.1 Å². The van der Waals surface area contributed by atoms with Gasteiger partial charge in [0.25, 0.3) is 0 Å². The molecule has 2 saturated heterocycles. The Morgan fingerprint density at radius 3 is 2.74 bits per heavy atom. The SMILES string of the molecule is O=C(O)CCCCC(=O)NC1CCN2CCCC2C1. The molecular weight excluding hydrogens is 244 g/mol. The maximum atomic E-state index is 11.8. The van der Waals surface area contributed by atoms with Crippen LogP contribution in [-0.2, 0) is 9.59 Å². The van der Waals surface area contributed by atoms with Crippen molar-refractivity contribution in [3.05, 3.63) is 0 Å². The van der Waals surface area contributed by atoms with Gasteiger partial charge in [0.1, 0.15) is 0 Å². The number of nitrogens with zero attached hydrogens (tertiary/aromatic N) is 1. The van der Waals surface area contributed by atoms with Gasteiger partial charge in [-0.2, -0.15) is 0 Å². The van der Waals surface area contributed by atoms with E-state index < -0.39 is 5.97 Å². The van der Waals surface area contributed by atoms with E-state index in [4.69, 9.17) is 5.11 Å². The molecule has 2 fully saturated rings. The summed E-state index contributed by atoms with van der Waals surface area (Å²) >= 11 is 0. The van der Waals surface area contributed by atoms with Crippen LogP contribution in [0.4, 0.5) is 0 Å². The summed E-state index contributed by atoms with van der Waals surface area (Å²) in [7, 11) is 0. The lowest BCUT2D eigenvalue weighted by Crippen LogP contribution is -2.47. The Hall–Kier alpha value is -1.10. The number of carbonyl (C=O) groups is 2. The molecule has 0 aromatic rings. The predicted octanol–water partition coefficient (Wildman–Crippen LogP) is 1.37. The van der Waals surface area contributed by atoms with E-state index in [0.717, 1.165) is 19.4 Å². The van der Waals surface area contributed by atoms with Crippen LogP contribution >= 0.6 is 0 Å². The summed E-state index contributed by atoms with van der Waals surface area (Å²) in [6.07, 6.45) is 6.57. The minimum absolute atomic E-state index is 0.0850. The van der Waals surface area contributed by atoms with Gasteiger partial charge in [0.05, 0.1) is 0 Å². The lowest BCUT2D eigenvalue weighted by atomic mass is 9.97. The van der Waals surface area contributed by atoms with E-state index >= 15 is 0 Å². The van der Waals surface area contributed by atoms with Crippen LogP contribution in [0, 0.1) is 0 Å². The largest absolute Gasteiger partial charge is 0.481 e. The molecule has 0 saturated carbocycles. The summed E-state index contributed by atoms with van der Waals surface area (Å²) in [5, 5.41) is 11.6. The zero-order valence-corrected chi connectivity index (χ0v) is 11.4. The number of piperidine rings is 1. The number of carboxylic acid groups (broad SMARTS) is 1. The van der Waals surface area contributed by atoms with Gasteiger partial charge in [-0.15, -0.1) is 0 Å². The van der Waals surface area contributed by atoms with Crippen LogP contribution in [0.15, 0.2) is 0 Å². The molecule has 5 nitrogen and oxygen atoms in total. The third kappa shape index (κ3) is 4.49. The van der Waals surface area contributed by atoms with Gasteiger partial charge in [0, 0.05) is 31.5 Å². The number of unbranched alkanes of at least 4 members (excludes halogenated alkanes) is 1. The molecule has 2 aliphatic heterocycles. The fourth-order valence-electron chi connectivity index (χ4n) is 3.22. The zero-order chi connectivity index (χ0) is 13.7. The monoisotopic (exact) mass is 268 g/mol. The van der Waals surface area contributed by atoms with Crippen LogP contribution in [0.1, 0.15) is 51.4 Å². The second-order valence-corrected chi connectivity index (χ2v) is 5.72. The standard InChI is InChI=1S/C14H24N2O3/c17-13(5-1-2-6-14(18)19)15-11-7-9-16-8-3-4-12(16)10-11/h11-12H,1-10H2,(H,15,17)(H,18,19). The molecule has 0 spiro atoms. The van der Waals surface area contributed by atoms with Crippen molar-refractivity contribution in [1.82, 2.24) is 10.2 Å². The molecule has 0 aromatic heterocycles. The first-order valence-corrected chi connectivity index (χ1v) is 7.40. The fourth-order valence-corrected chi connectivity index (χ4v) is 3.22. The second-order valence-electron chi connectivity index (χ2n) is 5.72. The number of amides is 1. The summed E-state index contributed by atoms with van der Waals surface area (Å²) in [5.41, 5.74) is 0. The third-order valence-corrected chi connectivity index (χ3v) is 4.23. The van der Waals surface area contributed by atoms with E-state index in [1.165, 1.54) is 19.4 Å². The van der Waals surface area contributed by atoms with Gasteiger partial charge in [-0.05, 0) is 45.1 Å². The van der Waals surface area contributed by atoms with Crippen LogP contribution in [0.3, 0.4) is 0 Å². The average molecular weight is 268 g/mol. The average Bonchev–Trinajstić information content (AvgIpc) is 2.82. The van der Waals surface area contributed by atoms with E-state index in [9.17, 15) is 9.59 Å². The molecule has 1 amide bonds. The lowest BCUT2D eigenvalue weighted by Gasteiger charge is -2.35. The molecule has 2 unspecified atom stereocenters. The Kier molecular flexibility index (Phi) is 5.19. The van der Waals surface area contributed by atoms with E-state index in [1.54, 1.807) is 0 Å². The number of nitrogens with one attached hydrogen (secondary N) is 1. The smallest absolute Gasteiger partial charge is 0.303 e. The number of aliphatic carboxylic acids is 1. The van der Waals surface area contributed by atoms with Crippen LogP contribution < -0.4 is 5.32 Å². The maximum absolute atomic E-state index is 11.8. The predicted molar refractivity (Wildman–Crippen MR) is 71.9 cm³/mol. The van der Waals surface area contributed by atoms with Crippen LogP contribution in [0.2, 0.25) is 0 Å². The number of carboxylic acids is 1. The highest BCUT2D eigenvalue weighted by Crippen LogP contribution is 2.26. The van der Waals surface area contributed by atoms with Gasteiger partial charge >= 0.3 is 5.97 Å². The lowest BCUT2D eigenvalue weighted by molar-refractivity contribution is -0.137. The fraction of sp³-hybridized carbons (Fsp3) is 0.857. The van der Waals surface area contributed by atoms with Crippen LogP contribution in [0.25, 0.3) is 0 Å². The van der Waals surface area contributed by atoms with Crippen molar-refractivity contribution >= 4 is 11.9 Å². The first kappa shape index (κ1) is 14.3. The Balaban J connectivity index is 1.61. The number of hydrogen-bond donors (Lipinski definition) is 2. The zero-order valence-electron chi connectivity index (χ0n) is 11.4. The van der Waals surface area contributed by atoms with Gasteiger partial charge in [-0.25, -0.2) is 0 Å². The third-order valence-electron chi connectivity index (χ3n) is 4.23. The highest BCUT2D eigenvalue weighted by atomic mass is 16.4. The Morgan fingerprint density at radius 2 is 1.95 bits per heavy atom. The van der Waals surface area contributed by atoms with Crippen molar-refractivity contribution in [1.29, 1.82) is 0 Å². The summed E-state index contributed by atoms with van der Waals surface area (Å²) in [6, 6.07) is 0.998. The van der Waals surface area contributed by atoms with Gasteiger partial charge in [-0.3, -0.25) is 9.59 Å². The molecule has 2 aliphatic rings. The molecule has 5 heteroatoms. The van der Waals surface area contributed by atoms with E-state index in [-0.39, 0.29) is 12.3 Å². The molecule has 2 atom stereocenters. The maximum Gasteiger partial charge on any atom is 0.303 e. The molecule has 2 N–H and O–H groups in total. The van der Waals surface area contributed by atoms with Crippen molar-refractivity contribution < 1.29 is 14.7 Å². The Bertz CT molecular complexity index is 333. The van der Waals surface area contributed by atoms with Gasteiger partial charge in [0.2, 0.25) is 5.91 Å². The molecule has 2 rings (SSSR count). The number of carbonyl (C=O) groups excluding carboxylic acids is 1. The molecule has 2 heterocycles. The van der Waals surface area contributed by atoms with E-state index in [2.05, 4.69) is 10.2 Å². The summed E-state index contributed by atoms with van der Waals surface area (Å²) in [4.78, 5) is 24.7. The molecule has 19 heavy (non-hydrogen) atoms. The van der Waals surface area contributed by atoms with Gasteiger partial charge in [-0.1, -0.05) is 0 Å². The summed E-state index contributed by atoms with van der Waals surface area (Å²) in [5.74, 6) is -0.698. The van der Waals surface area contributed by atoms with E-state index in [0.29, 0.717) is 31.3 Å². The normalized spacial score (nSPS) is 26.9. The number of hydrogen-bond acceptors (Lipinski definition) is 3. The second kappa shape index (κ2) is 6.89. The van der Waals surface area contributed by atoms with Crippen molar-refractivity contribution in [2.75, 3.05) is 13.1 Å². The van der Waals surface area contributed by atoms with Crippen molar-refractivity contribution in [2.45, 2.75) is 63.5 Å². The van der Waals surface area contributed by atoms with Crippen molar-refractivity contribution in [3.63, 3.8) is 0 Å². The minimum atomic E-state index is -0.783. The topological polar surface area (TPSA) is 69.6 Å². The highest BCUT2D eigenvalue weighted by molar-refractivity contribution is 5.76. The molecular formula is C14H24N2O3. The summed E-state index contributed by atoms with van der Waals surface area (Å²) < 4.78 is 0. The molecule has 0 bridgehead atoms. The van der Waals surface area contributed by atoms with Crippen LogP contribution in [0.5, 0.6) is 0 Å². The molecule has 0 aliphatic carbocycles. The number of rotatable bonds is 6. The molecule has 0 radical (unpaired) electrons. The van der Waals surface area contributed by atoms with Crippen molar-refractivity contribution in [3.8, 4) is 0 Å². The Labute approximate surface area is 114 Å². The van der Waals surface area contributed by atoms with Gasteiger partial charge in [0.15, 0.2) is 0 Å². The first-order chi connectivity index (χ1) is 9.15. The van der Waals surface area contributed by atoms with E-state index in [1.807, 2.05) is 0 Å². The minimum Gasteiger partial charge on any atom is -0.481 e. The quantitative estimate of drug-likeness (QED) is 0.714. The summed E-state index contributed by atoms with van der Waals surface area (Å²) in [6.45, 7) is 2.33. The van der Waals surface area contributed by atoms with Crippen molar-refractivity contribution in [2.24, 2.45) is 0 Å². The highest BCUT2D eigenvalue weighted by Gasteiger charge is 2.31. The molecule has 0 aromatic carbocycles.